The van der Waals surface area contributed by atoms with Crippen LogP contribution in [0.5, 0.6) is 0 Å². The third-order valence-corrected chi connectivity index (χ3v) is 6.26. The summed E-state index contributed by atoms with van der Waals surface area (Å²) >= 11 is 6.40. The lowest BCUT2D eigenvalue weighted by Gasteiger charge is -2.14. The first-order valence-corrected chi connectivity index (χ1v) is 10.3. The largest absolute Gasteiger partial charge is 0.241 e. The summed E-state index contributed by atoms with van der Waals surface area (Å²) in [5, 5.41) is 0. The van der Waals surface area contributed by atoms with E-state index in [1.807, 2.05) is 0 Å². The van der Waals surface area contributed by atoms with E-state index in [1.165, 1.54) is 13.0 Å². The van der Waals surface area contributed by atoms with Crippen LogP contribution in [0, 0.1) is 0 Å². The monoisotopic (exact) mass is 433 g/mol. The highest BCUT2D eigenvalue weighted by Gasteiger charge is 2.22. The van der Waals surface area contributed by atoms with Crippen LogP contribution >= 0.6 is 31.9 Å². The molecule has 0 amide bonds. The van der Waals surface area contributed by atoms with Crippen LogP contribution in [0.25, 0.3) is 0 Å². The zero-order chi connectivity index (χ0) is 14.8. The molecular formula is C10H13Br2NO4S2. The van der Waals surface area contributed by atoms with Crippen LogP contribution in [0.15, 0.2) is 32.0 Å². The first-order valence-electron chi connectivity index (χ1n) is 5.16. The van der Waals surface area contributed by atoms with Gasteiger partial charge in [0.1, 0.15) is 9.84 Å². The maximum atomic E-state index is 12.1. The van der Waals surface area contributed by atoms with Crippen molar-refractivity contribution >= 4 is 51.7 Å². The zero-order valence-electron chi connectivity index (χ0n) is 10.2. The van der Waals surface area contributed by atoms with Crippen molar-refractivity contribution in [3.8, 4) is 0 Å². The lowest BCUT2D eigenvalue weighted by molar-refractivity contribution is 0.564. The van der Waals surface area contributed by atoms with E-state index in [2.05, 4.69) is 36.6 Å². The van der Waals surface area contributed by atoms with Crippen LogP contribution in [0.2, 0.25) is 0 Å². The topological polar surface area (TPSA) is 80.3 Å². The summed E-state index contributed by atoms with van der Waals surface area (Å²) in [7, 11) is -7.00. The van der Waals surface area contributed by atoms with Gasteiger partial charge >= 0.3 is 0 Å². The van der Waals surface area contributed by atoms with Crippen molar-refractivity contribution in [2.75, 3.05) is 12.0 Å². The maximum absolute atomic E-state index is 12.1. The molecule has 0 spiro atoms. The van der Waals surface area contributed by atoms with E-state index < -0.39 is 25.9 Å². The fraction of sp³-hybridized carbons (Fsp3) is 0.400. The molecule has 0 fully saturated rings. The van der Waals surface area contributed by atoms with Gasteiger partial charge in [-0.25, -0.2) is 21.6 Å². The predicted molar refractivity (Wildman–Crippen MR) is 81.3 cm³/mol. The third kappa shape index (κ3) is 5.50. The summed E-state index contributed by atoms with van der Waals surface area (Å²) < 4.78 is 49.9. The summed E-state index contributed by atoms with van der Waals surface area (Å²) in [5.74, 6) is -0.250. The van der Waals surface area contributed by atoms with Gasteiger partial charge in [0.25, 0.3) is 0 Å². The summed E-state index contributed by atoms with van der Waals surface area (Å²) in [4.78, 5) is 0.0658. The molecule has 1 N–H and O–H groups in total. The second-order valence-electron chi connectivity index (χ2n) is 4.19. The number of benzene rings is 1. The number of hydrogen-bond donors (Lipinski definition) is 1. The van der Waals surface area contributed by atoms with E-state index in [9.17, 15) is 16.8 Å². The minimum absolute atomic E-state index is 0.0658. The van der Waals surface area contributed by atoms with E-state index in [0.29, 0.717) is 4.47 Å². The van der Waals surface area contributed by atoms with E-state index in [0.717, 1.165) is 10.7 Å². The Hall–Kier alpha value is 0.0400. The highest BCUT2D eigenvalue weighted by molar-refractivity contribution is 9.11. The smallest absolute Gasteiger partial charge is 0.229 e. The van der Waals surface area contributed by atoms with Crippen molar-refractivity contribution in [3.63, 3.8) is 0 Å². The van der Waals surface area contributed by atoms with Crippen molar-refractivity contribution in [1.82, 2.24) is 4.72 Å². The van der Waals surface area contributed by atoms with Gasteiger partial charge in [0.05, 0.1) is 10.6 Å². The Morgan fingerprint density at radius 2 is 1.79 bits per heavy atom. The summed E-state index contributed by atoms with van der Waals surface area (Å²) in [6.07, 6.45) is 1.06. The first-order chi connectivity index (χ1) is 8.51. The normalized spacial score (nSPS) is 14.3. The van der Waals surface area contributed by atoms with Gasteiger partial charge in [-0.3, -0.25) is 0 Å². The number of halogens is 2. The van der Waals surface area contributed by atoms with Gasteiger partial charge in [0, 0.05) is 21.2 Å². The lowest BCUT2D eigenvalue weighted by atomic mass is 10.4. The second kappa shape index (κ2) is 6.21. The van der Waals surface area contributed by atoms with Gasteiger partial charge < -0.3 is 0 Å². The van der Waals surface area contributed by atoms with Crippen molar-refractivity contribution in [1.29, 1.82) is 0 Å². The van der Waals surface area contributed by atoms with Gasteiger partial charge in [-0.05, 0) is 41.1 Å². The molecule has 0 radical (unpaired) electrons. The Kier molecular flexibility index (Phi) is 5.59. The second-order valence-corrected chi connectivity index (χ2v) is 9.83. The average Bonchev–Trinajstić information content (AvgIpc) is 2.11. The Bertz CT molecular complexity index is 671. The molecule has 0 aromatic heterocycles. The molecule has 0 heterocycles. The fourth-order valence-corrected chi connectivity index (χ4v) is 5.60. The molecule has 5 nitrogen and oxygen atoms in total. The van der Waals surface area contributed by atoms with Crippen LogP contribution < -0.4 is 4.72 Å². The SMILES string of the molecule is CC(CS(C)(=O)=O)NS(=O)(=O)c1ccc(Br)cc1Br. The van der Waals surface area contributed by atoms with Crippen LogP contribution in [-0.2, 0) is 19.9 Å². The Morgan fingerprint density at radius 3 is 2.26 bits per heavy atom. The molecule has 0 aliphatic heterocycles. The Labute approximate surface area is 130 Å². The quantitative estimate of drug-likeness (QED) is 0.767. The Balaban J connectivity index is 2.99. The zero-order valence-corrected chi connectivity index (χ0v) is 15.0. The molecule has 0 aliphatic rings. The molecule has 0 saturated carbocycles. The van der Waals surface area contributed by atoms with Crippen LogP contribution in [0.4, 0.5) is 0 Å². The van der Waals surface area contributed by atoms with E-state index >= 15 is 0 Å². The standard InChI is InChI=1S/C10H13Br2NO4S2/c1-7(6-18(2,14)15)13-19(16,17)10-4-3-8(11)5-9(10)12/h3-5,7,13H,6H2,1-2H3. The van der Waals surface area contributed by atoms with E-state index in [1.54, 1.807) is 12.1 Å². The fourth-order valence-electron chi connectivity index (χ4n) is 1.51. The summed E-state index contributed by atoms with van der Waals surface area (Å²) in [6, 6.07) is 3.94. The molecule has 19 heavy (non-hydrogen) atoms. The van der Waals surface area contributed by atoms with Gasteiger partial charge in [-0.15, -0.1) is 0 Å². The van der Waals surface area contributed by atoms with Gasteiger partial charge in [-0.1, -0.05) is 15.9 Å². The van der Waals surface area contributed by atoms with Gasteiger partial charge in [-0.2, -0.15) is 0 Å². The molecule has 108 valence electrons. The molecule has 1 atom stereocenters. The highest BCUT2D eigenvalue weighted by Crippen LogP contribution is 2.25. The third-order valence-electron chi connectivity index (χ3n) is 2.09. The van der Waals surface area contributed by atoms with Crippen LogP contribution in [-0.4, -0.2) is 34.9 Å². The molecule has 0 bridgehead atoms. The lowest BCUT2D eigenvalue weighted by Crippen LogP contribution is -2.37. The summed E-state index contributed by atoms with van der Waals surface area (Å²) in [6.45, 7) is 1.51. The van der Waals surface area contributed by atoms with Gasteiger partial charge in [0.2, 0.25) is 10.0 Å². The molecule has 1 aromatic carbocycles. The Morgan fingerprint density at radius 1 is 1.21 bits per heavy atom. The first kappa shape index (κ1) is 17.1. The number of sulfonamides is 1. The van der Waals surface area contributed by atoms with Crippen molar-refractivity contribution in [2.45, 2.75) is 17.9 Å². The number of rotatable bonds is 5. The highest BCUT2D eigenvalue weighted by atomic mass is 79.9. The molecular weight excluding hydrogens is 422 g/mol. The molecule has 1 unspecified atom stereocenters. The molecule has 1 rings (SSSR count). The van der Waals surface area contributed by atoms with Gasteiger partial charge in [0.15, 0.2) is 0 Å². The molecule has 0 aliphatic carbocycles. The average molecular weight is 435 g/mol. The van der Waals surface area contributed by atoms with Crippen molar-refractivity contribution < 1.29 is 16.8 Å². The number of hydrogen-bond acceptors (Lipinski definition) is 4. The van der Waals surface area contributed by atoms with Crippen molar-refractivity contribution in [2.24, 2.45) is 0 Å². The summed E-state index contributed by atoms with van der Waals surface area (Å²) in [5.41, 5.74) is 0. The number of sulfone groups is 1. The minimum atomic E-state index is -3.76. The van der Waals surface area contributed by atoms with Crippen LogP contribution in [0.1, 0.15) is 6.92 Å². The van der Waals surface area contributed by atoms with Crippen molar-refractivity contribution in [3.05, 3.63) is 27.1 Å². The molecule has 1 aromatic rings. The molecule has 9 heteroatoms. The van der Waals surface area contributed by atoms with E-state index in [4.69, 9.17) is 0 Å². The van der Waals surface area contributed by atoms with E-state index in [-0.39, 0.29) is 10.6 Å². The van der Waals surface area contributed by atoms with Crippen LogP contribution in [0.3, 0.4) is 0 Å². The number of nitrogens with one attached hydrogen (secondary N) is 1. The minimum Gasteiger partial charge on any atom is -0.229 e. The predicted octanol–water partition coefficient (Wildman–Crippen LogP) is 1.92. The molecule has 0 saturated heterocycles. The maximum Gasteiger partial charge on any atom is 0.241 e.